The molecule has 0 aromatic heterocycles. The molecular formula is C7H13NO4. The summed E-state index contributed by atoms with van der Waals surface area (Å²) in [6.45, 7) is 1.78. The van der Waals surface area contributed by atoms with Crippen LogP contribution in [-0.2, 0) is 4.79 Å². The summed E-state index contributed by atoms with van der Waals surface area (Å²) in [4.78, 5) is 10.9. The van der Waals surface area contributed by atoms with Crippen LogP contribution in [0.25, 0.3) is 0 Å². The molecule has 0 radical (unpaired) electrons. The van der Waals surface area contributed by atoms with E-state index in [0.29, 0.717) is 6.42 Å². The summed E-state index contributed by atoms with van der Waals surface area (Å²) in [5, 5.41) is 29.9. The number of nitrogens with one attached hydrogen (secondary N) is 1. The summed E-state index contributed by atoms with van der Waals surface area (Å²) in [6.07, 6.45) is -3.44. The molecule has 4 N–H and O–H groups in total. The van der Waals surface area contributed by atoms with Crippen LogP contribution in [0.4, 0.5) is 0 Å². The number of rotatable bonds is 1. The van der Waals surface area contributed by atoms with E-state index in [4.69, 9.17) is 10.2 Å². The molecule has 1 aliphatic heterocycles. The second-order valence-corrected chi connectivity index (χ2v) is 2.95. The Morgan fingerprint density at radius 1 is 1.33 bits per heavy atom. The highest BCUT2D eigenvalue weighted by Crippen LogP contribution is 2.13. The maximum absolute atomic E-state index is 10.9. The Bertz CT molecular complexity index is 182. The van der Waals surface area contributed by atoms with Gasteiger partial charge in [-0.05, 0) is 6.42 Å². The summed E-state index contributed by atoms with van der Waals surface area (Å²) in [5.74, 6) is -0.625. The van der Waals surface area contributed by atoms with Crippen molar-refractivity contribution in [2.24, 2.45) is 0 Å². The first-order valence-corrected chi connectivity index (χ1v) is 3.92. The Kier molecular flexibility index (Phi) is 2.66. The van der Waals surface area contributed by atoms with Gasteiger partial charge in [0.2, 0.25) is 0 Å². The Morgan fingerprint density at radius 2 is 1.92 bits per heavy atom. The van der Waals surface area contributed by atoms with Crippen molar-refractivity contribution in [1.29, 1.82) is 0 Å². The molecule has 1 fully saturated rings. The van der Waals surface area contributed by atoms with Gasteiger partial charge in [-0.1, -0.05) is 6.92 Å². The Labute approximate surface area is 70.0 Å². The quantitative estimate of drug-likeness (QED) is 0.370. The van der Waals surface area contributed by atoms with E-state index in [0.717, 1.165) is 0 Å². The van der Waals surface area contributed by atoms with Crippen LogP contribution in [0.1, 0.15) is 13.3 Å². The summed E-state index contributed by atoms with van der Waals surface area (Å²) in [6, 6.07) is -0.462. The minimum atomic E-state index is -1.51. The van der Waals surface area contributed by atoms with Gasteiger partial charge in [-0.2, -0.15) is 0 Å². The van der Waals surface area contributed by atoms with Gasteiger partial charge in [0.1, 0.15) is 12.2 Å². The SMILES string of the molecule is CC[C@H]1NC(=O)[C@@H](O)[C@@H](O)[C@@H]1O. The monoisotopic (exact) mass is 175 g/mol. The van der Waals surface area contributed by atoms with E-state index in [1.54, 1.807) is 6.92 Å². The van der Waals surface area contributed by atoms with Gasteiger partial charge in [-0.3, -0.25) is 4.79 Å². The molecular weight excluding hydrogens is 162 g/mol. The van der Waals surface area contributed by atoms with E-state index in [1.165, 1.54) is 0 Å². The summed E-state index contributed by atoms with van der Waals surface area (Å²) in [7, 11) is 0. The molecule has 0 unspecified atom stereocenters. The molecule has 0 spiro atoms. The van der Waals surface area contributed by atoms with Crippen molar-refractivity contribution in [3.8, 4) is 0 Å². The number of aliphatic hydroxyl groups is 3. The van der Waals surface area contributed by atoms with Crippen LogP contribution in [0.5, 0.6) is 0 Å². The van der Waals surface area contributed by atoms with E-state index >= 15 is 0 Å². The normalized spacial score (nSPS) is 42.5. The van der Waals surface area contributed by atoms with Crippen LogP contribution in [0.2, 0.25) is 0 Å². The van der Waals surface area contributed by atoms with E-state index in [1.807, 2.05) is 0 Å². The first-order chi connectivity index (χ1) is 5.57. The molecule has 70 valence electrons. The molecule has 1 heterocycles. The molecule has 5 heteroatoms. The first kappa shape index (κ1) is 9.44. The second kappa shape index (κ2) is 3.38. The van der Waals surface area contributed by atoms with Crippen molar-refractivity contribution in [2.75, 3.05) is 0 Å². The molecule has 1 saturated heterocycles. The fourth-order valence-electron chi connectivity index (χ4n) is 1.28. The van der Waals surface area contributed by atoms with Crippen LogP contribution in [0.15, 0.2) is 0 Å². The van der Waals surface area contributed by atoms with Crippen LogP contribution < -0.4 is 5.32 Å². The van der Waals surface area contributed by atoms with Crippen molar-refractivity contribution in [3.63, 3.8) is 0 Å². The number of carbonyl (C=O) groups is 1. The fraction of sp³-hybridized carbons (Fsp3) is 0.857. The number of aliphatic hydroxyl groups excluding tert-OH is 3. The standard InChI is InChI=1S/C7H13NO4/c1-2-3-4(9)5(10)6(11)7(12)8-3/h3-6,9-11H,2H2,1H3,(H,8,12)/t3-,4-,5+,6+/m1/s1. The number of hydrogen-bond donors (Lipinski definition) is 4. The zero-order valence-electron chi connectivity index (χ0n) is 6.77. The Hall–Kier alpha value is -0.650. The number of hydrogen-bond acceptors (Lipinski definition) is 4. The number of piperidine rings is 1. The third-order valence-corrected chi connectivity index (χ3v) is 2.12. The van der Waals surface area contributed by atoms with Gasteiger partial charge in [0.25, 0.3) is 5.91 Å². The maximum Gasteiger partial charge on any atom is 0.251 e. The smallest absolute Gasteiger partial charge is 0.251 e. The molecule has 1 aliphatic rings. The van der Waals surface area contributed by atoms with E-state index < -0.39 is 30.3 Å². The fourth-order valence-corrected chi connectivity index (χ4v) is 1.28. The number of carbonyl (C=O) groups excluding carboxylic acids is 1. The third-order valence-electron chi connectivity index (χ3n) is 2.12. The van der Waals surface area contributed by atoms with Crippen molar-refractivity contribution in [2.45, 2.75) is 37.7 Å². The second-order valence-electron chi connectivity index (χ2n) is 2.95. The molecule has 1 rings (SSSR count). The van der Waals surface area contributed by atoms with Gasteiger partial charge in [0, 0.05) is 0 Å². The Morgan fingerprint density at radius 3 is 2.42 bits per heavy atom. The lowest BCUT2D eigenvalue weighted by Gasteiger charge is -2.34. The number of amides is 1. The van der Waals surface area contributed by atoms with Crippen LogP contribution in [-0.4, -0.2) is 45.6 Å². The minimum Gasteiger partial charge on any atom is -0.388 e. The van der Waals surface area contributed by atoms with Gasteiger partial charge in [0.05, 0.1) is 6.04 Å². The summed E-state index contributed by atoms with van der Waals surface area (Å²) >= 11 is 0. The van der Waals surface area contributed by atoms with Crippen LogP contribution in [0.3, 0.4) is 0 Å². The zero-order valence-corrected chi connectivity index (χ0v) is 6.77. The average molecular weight is 175 g/mol. The molecule has 0 aromatic carbocycles. The molecule has 0 bridgehead atoms. The molecule has 1 amide bonds. The zero-order chi connectivity index (χ0) is 9.30. The largest absolute Gasteiger partial charge is 0.388 e. The van der Waals surface area contributed by atoms with Crippen molar-refractivity contribution >= 4 is 5.91 Å². The molecule has 0 aromatic rings. The van der Waals surface area contributed by atoms with Crippen molar-refractivity contribution in [1.82, 2.24) is 5.32 Å². The molecule has 12 heavy (non-hydrogen) atoms. The maximum atomic E-state index is 10.9. The third kappa shape index (κ3) is 1.43. The van der Waals surface area contributed by atoms with Gasteiger partial charge in [-0.25, -0.2) is 0 Å². The van der Waals surface area contributed by atoms with E-state index in [-0.39, 0.29) is 0 Å². The van der Waals surface area contributed by atoms with Crippen molar-refractivity contribution < 1.29 is 20.1 Å². The first-order valence-electron chi connectivity index (χ1n) is 3.92. The highest BCUT2D eigenvalue weighted by atomic mass is 16.4. The highest BCUT2D eigenvalue weighted by Gasteiger charge is 2.40. The average Bonchev–Trinajstić information content (AvgIpc) is 2.08. The van der Waals surface area contributed by atoms with E-state index in [2.05, 4.69) is 5.32 Å². The van der Waals surface area contributed by atoms with Gasteiger partial charge in [-0.15, -0.1) is 0 Å². The molecule has 0 aliphatic carbocycles. The predicted molar refractivity (Wildman–Crippen MR) is 40.2 cm³/mol. The lowest BCUT2D eigenvalue weighted by molar-refractivity contribution is -0.153. The topological polar surface area (TPSA) is 89.8 Å². The summed E-state index contributed by atoms with van der Waals surface area (Å²) in [5.41, 5.74) is 0. The van der Waals surface area contributed by atoms with Gasteiger partial charge >= 0.3 is 0 Å². The van der Waals surface area contributed by atoms with Gasteiger partial charge in [0.15, 0.2) is 6.10 Å². The molecule has 0 saturated carbocycles. The van der Waals surface area contributed by atoms with Crippen LogP contribution >= 0.6 is 0 Å². The van der Waals surface area contributed by atoms with Gasteiger partial charge < -0.3 is 20.6 Å². The molecule has 5 nitrogen and oxygen atoms in total. The lowest BCUT2D eigenvalue weighted by atomic mass is 9.94. The summed E-state index contributed by atoms with van der Waals surface area (Å²) < 4.78 is 0. The Balaban J connectivity index is 2.70. The lowest BCUT2D eigenvalue weighted by Crippen LogP contribution is -2.62. The highest BCUT2D eigenvalue weighted by molar-refractivity contribution is 5.82. The van der Waals surface area contributed by atoms with Crippen LogP contribution in [0, 0.1) is 0 Å². The molecule has 4 atom stereocenters. The predicted octanol–water partition coefficient (Wildman–Crippen LogP) is -2.02. The minimum absolute atomic E-state index is 0.462. The van der Waals surface area contributed by atoms with Crippen molar-refractivity contribution in [3.05, 3.63) is 0 Å². The van der Waals surface area contributed by atoms with E-state index in [9.17, 15) is 9.90 Å².